The van der Waals surface area contributed by atoms with Gasteiger partial charge in [0.15, 0.2) is 11.5 Å². The minimum atomic E-state index is 0.189. The molecule has 1 N–H and O–H groups in total. The quantitative estimate of drug-likeness (QED) is 0.799. The molecular formula is C18H28N2O3. The van der Waals surface area contributed by atoms with Crippen molar-refractivity contribution in [1.29, 1.82) is 0 Å². The lowest BCUT2D eigenvalue weighted by molar-refractivity contribution is -0.134. The smallest absolute Gasteiger partial charge is 0.226 e. The molecule has 1 saturated heterocycles. The standard InChI is InChI=1S/C18H28N2O3/c1-3-13-20(15-8-11-19-12-9-15)18(21)10-14-23-17-7-5-4-6-16(17)22-2/h4-7,15,19H,3,8-14H2,1-2H3. The number of rotatable bonds is 8. The number of nitrogens with one attached hydrogen (secondary N) is 1. The topological polar surface area (TPSA) is 50.8 Å². The molecule has 23 heavy (non-hydrogen) atoms. The Morgan fingerprint density at radius 3 is 2.61 bits per heavy atom. The minimum absolute atomic E-state index is 0.189. The van der Waals surface area contributed by atoms with Crippen LogP contribution in [0.5, 0.6) is 11.5 Å². The molecule has 1 aliphatic heterocycles. The zero-order valence-electron chi connectivity index (χ0n) is 14.2. The van der Waals surface area contributed by atoms with E-state index in [2.05, 4.69) is 12.2 Å². The van der Waals surface area contributed by atoms with Gasteiger partial charge in [-0.1, -0.05) is 19.1 Å². The molecule has 2 rings (SSSR count). The first kappa shape index (κ1) is 17.6. The molecule has 1 aromatic carbocycles. The van der Waals surface area contributed by atoms with E-state index in [0.717, 1.165) is 38.9 Å². The Kier molecular flexibility index (Phi) is 7.20. The van der Waals surface area contributed by atoms with Crippen molar-refractivity contribution in [2.75, 3.05) is 33.4 Å². The van der Waals surface area contributed by atoms with Crippen LogP contribution in [-0.2, 0) is 4.79 Å². The first-order chi connectivity index (χ1) is 11.3. The predicted molar refractivity (Wildman–Crippen MR) is 91.0 cm³/mol. The van der Waals surface area contributed by atoms with Gasteiger partial charge in [0.05, 0.1) is 20.1 Å². The highest BCUT2D eigenvalue weighted by atomic mass is 16.5. The summed E-state index contributed by atoms with van der Waals surface area (Å²) in [5, 5.41) is 3.35. The van der Waals surface area contributed by atoms with Gasteiger partial charge < -0.3 is 19.7 Å². The average molecular weight is 320 g/mol. The Morgan fingerprint density at radius 2 is 1.96 bits per heavy atom. The van der Waals surface area contributed by atoms with Crippen molar-refractivity contribution in [3.05, 3.63) is 24.3 Å². The van der Waals surface area contributed by atoms with Gasteiger partial charge in [0, 0.05) is 12.6 Å². The molecule has 0 unspecified atom stereocenters. The van der Waals surface area contributed by atoms with Crippen molar-refractivity contribution < 1.29 is 14.3 Å². The second kappa shape index (κ2) is 9.40. The normalized spacial score (nSPS) is 15.2. The van der Waals surface area contributed by atoms with Crippen LogP contribution in [0.1, 0.15) is 32.6 Å². The molecule has 0 spiro atoms. The van der Waals surface area contributed by atoms with E-state index in [0.29, 0.717) is 30.6 Å². The third kappa shape index (κ3) is 5.13. The molecule has 128 valence electrons. The van der Waals surface area contributed by atoms with Crippen molar-refractivity contribution in [1.82, 2.24) is 10.2 Å². The zero-order valence-corrected chi connectivity index (χ0v) is 14.2. The van der Waals surface area contributed by atoms with Gasteiger partial charge in [-0.25, -0.2) is 0 Å². The summed E-state index contributed by atoms with van der Waals surface area (Å²) < 4.78 is 11.0. The molecule has 0 aromatic heterocycles. The maximum Gasteiger partial charge on any atom is 0.226 e. The van der Waals surface area contributed by atoms with E-state index in [1.165, 1.54) is 0 Å². The van der Waals surface area contributed by atoms with Crippen LogP contribution in [-0.4, -0.2) is 50.2 Å². The maximum atomic E-state index is 12.6. The predicted octanol–water partition coefficient (Wildman–Crippen LogP) is 2.45. The number of methoxy groups -OCH3 is 1. The summed E-state index contributed by atoms with van der Waals surface area (Å²) in [5.41, 5.74) is 0. The summed E-state index contributed by atoms with van der Waals surface area (Å²) in [6.45, 7) is 5.32. The van der Waals surface area contributed by atoms with E-state index in [-0.39, 0.29) is 5.91 Å². The van der Waals surface area contributed by atoms with Gasteiger partial charge in [-0.15, -0.1) is 0 Å². The highest BCUT2D eigenvalue weighted by Crippen LogP contribution is 2.25. The maximum absolute atomic E-state index is 12.6. The summed E-state index contributed by atoms with van der Waals surface area (Å²) in [4.78, 5) is 14.6. The molecule has 1 heterocycles. The number of hydrogen-bond donors (Lipinski definition) is 1. The van der Waals surface area contributed by atoms with Gasteiger partial charge in [-0.05, 0) is 44.5 Å². The van der Waals surface area contributed by atoms with Crippen LogP contribution in [0.3, 0.4) is 0 Å². The summed E-state index contributed by atoms with van der Waals surface area (Å²) in [6, 6.07) is 7.89. The molecule has 0 aliphatic carbocycles. The van der Waals surface area contributed by atoms with Gasteiger partial charge in [0.2, 0.25) is 5.91 Å². The Bertz CT molecular complexity index is 487. The number of hydrogen-bond acceptors (Lipinski definition) is 4. The lowest BCUT2D eigenvalue weighted by Gasteiger charge is -2.34. The third-order valence-corrected chi connectivity index (χ3v) is 4.18. The van der Waals surface area contributed by atoms with E-state index in [1.807, 2.05) is 29.2 Å². The molecule has 0 bridgehead atoms. The number of benzene rings is 1. The van der Waals surface area contributed by atoms with E-state index in [1.54, 1.807) is 7.11 Å². The zero-order chi connectivity index (χ0) is 16.5. The minimum Gasteiger partial charge on any atom is -0.493 e. The average Bonchev–Trinajstić information content (AvgIpc) is 2.60. The molecule has 1 fully saturated rings. The molecule has 1 amide bonds. The van der Waals surface area contributed by atoms with Crippen molar-refractivity contribution >= 4 is 5.91 Å². The molecule has 5 nitrogen and oxygen atoms in total. The van der Waals surface area contributed by atoms with E-state index >= 15 is 0 Å². The lowest BCUT2D eigenvalue weighted by atomic mass is 10.0. The number of amides is 1. The Balaban J connectivity index is 1.86. The van der Waals surface area contributed by atoms with E-state index in [9.17, 15) is 4.79 Å². The summed E-state index contributed by atoms with van der Waals surface area (Å²) in [5.74, 6) is 1.57. The van der Waals surface area contributed by atoms with E-state index in [4.69, 9.17) is 9.47 Å². The molecule has 0 saturated carbocycles. The Hall–Kier alpha value is -1.75. The van der Waals surface area contributed by atoms with Crippen LogP contribution < -0.4 is 14.8 Å². The second-order valence-corrected chi connectivity index (χ2v) is 5.82. The second-order valence-electron chi connectivity index (χ2n) is 5.82. The Labute approximate surface area is 139 Å². The molecular weight excluding hydrogens is 292 g/mol. The number of para-hydroxylation sites is 2. The molecule has 5 heteroatoms. The fraction of sp³-hybridized carbons (Fsp3) is 0.611. The largest absolute Gasteiger partial charge is 0.493 e. The first-order valence-electron chi connectivity index (χ1n) is 8.52. The number of nitrogens with zero attached hydrogens (tertiary/aromatic N) is 1. The number of carbonyl (C=O) groups excluding carboxylic acids is 1. The fourth-order valence-electron chi connectivity index (χ4n) is 3.00. The van der Waals surface area contributed by atoms with Crippen LogP contribution in [0, 0.1) is 0 Å². The fourth-order valence-corrected chi connectivity index (χ4v) is 3.00. The molecule has 1 aliphatic rings. The van der Waals surface area contributed by atoms with Crippen molar-refractivity contribution in [2.24, 2.45) is 0 Å². The molecule has 0 radical (unpaired) electrons. The van der Waals surface area contributed by atoms with E-state index < -0.39 is 0 Å². The highest BCUT2D eigenvalue weighted by Gasteiger charge is 2.24. The van der Waals surface area contributed by atoms with Crippen LogP contribution in [0.15, 0.2) is 24.3 Å². The Morgan fingerprint density at radius 1 is 1.26 bits per heavy atom. The summed E-state index contributed by atoms with van der Waals surface area (Å²) in [7, 11) is 1.62. The lowest BCUT2D eigenvalue weighted by Crippen LogP contribution is -2.46. The van der Waals surface area contributed by atoms with Crippen molar-refractivity contribution in [3.8, 4) is 11.5 Å². The van der Waals surface area contributed by atoms with Gasteiger partial charge in [-0.2, -0.15) is 0 Å². The monoisotopic (exact) mass is 320 g/mol. The summed E-state index contributed by atoms with van der Waals surface area (Å²) >= 11 is 0. The van der Waals surface area contributed by atoms with Crippen molar-refractivity contribution in [3.63, 3.8) is 0 Å². The van der Waals surface area contributed by atoms with Crippen molar-refractivity contribution in [2.45, 2.75) is 38.6 Å². The molecule has 1 aromatic rings. The van der Waals surface area contributed by atoms with Crippen LogP contribution >= 0.6 is 0 Å². The van der Waals surface area contributed by atoms with Crippen LogP contribution in [0.2, 0.25) is 0 Å². The number of piperidine rings is 1. The first-order valence-corrected chi connectivity index (χ1v) is 8.52. The van der Waals surface area contributed by atoms with Crippen LogP contribution in [0.4, 0.5) is 0 Å². The summed E-state index contributed by atoms with van der Waals surface area (Å²) in [6.07, 6.45) is 3.48. The van der Waals surface area contributed by atoms with Gasteiger partial charge in [-0.3, -0.25) is 4.79 Å². The SMILES string of the molecule is CCCN(C(=O)CCOc1ccccc1OC)C1CCNCC1. The number of carbonyl (C=O) groups is 1. The third-order valence-electron chi connectivity index (χ3n) is 4.18. The highest BCUT2D eigenvalue weighted by molar-refractivity contribution is 5.76. The van der Waals surface area contributed by atoms with Gasteiger partial charge in [0.25, 0.3) is 0 Å². The number of ether oxygens (including phenoxy) is 2. The van der Waals surface area contributed by atoms with Crippen LogP contribution in [0.25, 0.3) is 0 Å². The van der Waals surface area contributed by atoms with Gasteiger partial charge >= 0.3 is 0 Å². The van der Waals surface area contributed by atoms with Gasteiger partial charge in [0.1, 0.15) is 0 Å². The molecule has 0 atom stereocenters.